The number of carbonyl (C=O) groups is 2. The molecule has 6 heteroatoms. The van der Waals surface area contributed by atoms with E-state index in [0.29, 0.717) is 31.0 Å². The number of unbranched alkanes of at least 4 members (excludes halogenated alkanes) is 2. The zero-order valence-corrected chi connectivity index (χ0v) is 17.1. The maximum Gasteiger partial charge on any atom is 0.272 e. The fourth-order valence-corrected chi connectivity index (χ4v) is 3.46. The average Bonchev–Trinajstić information content (AvgIpc) is 2.77. The van der Waals surface area contributed by atoms with Crippen LogP contribution in [-0.2, 0) is 6.54 Å². The van der Waals surface area contributed by atoms with Gasteiger partial charge in [-0.05, 0) is 24.1 Å². The summed E-state index contributed by atoms with van der Waals surface area (Å²) in [5, 5.41) is 2.88. The molecule has 0 saturated carbocycles. The Balaban J connectivity index is 1.52. The van der Waals surface area contributed by atoms with Gasteiger partial charge in [0.25, 0.3) is 11.8 Å². The van der Waals surface area contributed by atoms with Gasteiger partial charge in [-0.2, -0.15) is 0 Å². The zero-order chi connectivity index (χ0) is 20.5. The molecule has 0 atom stereocenters. The number of pyridine rings is 1. The molecule has 1 fully saturated rings. The molecule has 1 aromatic heterocycles. The van der Waals surface area contributed by atoms with Crippen LogP contribution in [0.5, 0.6) is 0 Å². The minimum Gasteiger partial charge on any atom is -0.351 e. The van der Waals surface area contributed by atoms with E-state index >= 15 is 0 Å². The number of piperazine rings is 1. The Bertz CT molecular complexity index is 802. The fourth-order valence-electron chi connectivity index (χ4n) is 3.46. The summed E-state index contributed by atoms with van der Waals surface area (Å²) < 4.78 is 0. The monoisotopic (exact) mass is 394 g/mol. The van der Waals surface area contributed by atoms with Crippen LogP contribution >= 0.6 is 0 Å². The van der Waals surface area contributed by atoms with E-state index in [0.717, 1.165) is 38.9 Å². The van der Waals surface area contributed by atoms with Crippen LogP contribution in [0.4, 0.5) is 0 Å². The summed E-state index contributed by atoms with van der Waals surface area (Å²) in [6.45, 7) is 6.66. The Morgan fingerprint density at radius 1 is 0.931 bits per heavy atom. The number of carbonyl (C=O) groups excluding carboxylic acids is 2. The van der Waals surface area contributed by atoms with Crippen molar-refractivity contribution in [1.29, 1.82) is 0 Å². The molecule has 0 spiro atoms. The predicted octanol–water partition coefficient (Wildman–Crippen LogP) is 2.96. The molecule has 2 heterocycles. The Labute approximate surface area is 172 Å². The molecule has 0 bridgehead atoms. The quantitative estimate of drug-likeness (QED) is 0.699. The van der Waals surface area contributed by atoms with Gasteiger partial charge in [0.05, 0.1) is 0 Å². The van der Waals surface area contributed by atoms with E-state index in [1.54, 1.807) is 18.2 Å². The Kier molecular flexibility index (Phi) is 7.76. The van der Waals surface area contributed by atoms with Crippen molar-refractivity contribution in [2.45, 2.75) is 32.7 Å². The largest absolute Gasteiger partial charge is 0.351 e. The van der Waals surface area contributed by atoms with Crippen molar-refractivity contribution >= 4 is 11.8 Å². The Morgan fingerprint density at radius 3 is 2.38 bits per heavy atom. The van der Waals surface area contributed by atoms with Crippen LogP contribution in [0.2, 0.25) is 0 Å². The minimum absolute atomic E-state index is 0.106. The summed E-state index contributed by atoms with van der Waals surface area (Å²) in [4.78, 5) is 33.6. The average molecular weight is 395 g/mol. The minimum atomic E-state index is -0.219. The molecular weight excluding hydrogens is 364 g/mol. The van der Waals surface area contributed by atoms with E-state index < -0.39 is 0 Å². The number of nitrogens with zero attached hydrogens (tertiary/aromatic N) is 3. The van der Waals surface area contributed by atoms with Crippen LogP contribution in [0.25, 0.3) is 0 Å². The van der Waals surface area contributed by atoms with Gasteiger partial charge in [0.2, 0.25) is 0 Å². The number of nitrogens with one attached hydrogen (secondary N) is 1. The number of benzene rings is 1. The highest BCUT2D eigenvalue weighted by molar-refractivity contribution is 5.96. The molecule has 1 aliphatic heterocycles. The van der Waals surface area contributed by atoms with Gasteiger partial charge in [-0.15, -0.1) is 0 Å². The highest BCUT2D eigenvalue weighted by Gasteiger charge is 2.23. The molecule has 154 valence electrons. The van der Waals surface area contributed by atoms with Gasteiger partial charge in [-0.25, -0.2) is 4.98 Å². The SMILES string of the molecule is CCCCCNC(=O)c1cccc(C(=O)N2CCN(Cc3ccccc3)CC2)n1. The maximum absolute atomic E-state index is 12.9. The van der Waals surface area contributed by atoms with Crippen molar-refractivity contribution in [2.24, 2.45) is 0 Å². The topological polar surface area (TPSA) is 65.5 Å². The first kappa shape index (κ1) is 21.0. The van der Waals surface area contributed by atoms with E-state index in [4.69, 9.17) is 0 Å². The van der Waals surface area contributed by atoms with Crippen molar-refractivity contribution < 1.29 is 9.59 Å². The molecule has 0 radical (unpaired) electrons. The molecule has 2 amide bonds. The predicted molar refractivity (Wildman–Crippen MR) is 114 cm³/mol. The smallest absolute Gasteiger partial charge is 0.272 e. The summed E-state index contributed by atoms with van der Waals surface area (Å²) in [6.07, 6.45) is 3.15. The molecular formula is C23H30N4O2. The molecule has 3 rings (SSSR count). The van der Waals surface area contributed by atoms with Gasteiger partial charge in [-0.3, -0.25) is 14.5 Å². The lowest BCUT2D eigenvalue weighted by molar-refractivity contribution is 0.0622. The van der Waals surface area contributed by atoms with Crippen LogP contribution in [0.1, 0.15) is 52.7 Å². The molecule has 0 aliphatic carbocycles. The van der Waals surface area contributed by atoms with E-state index in [-0.39, 0.29) is 11.8 Å². The van der Waals surface area contributed by atoms with Crippen LogP contribution in [0.15, 0.2) is 48.5 Å². The van der Waals surface area contributed by atoms with Crippen LogP contribution in [0, 0.1) is 0 Å². The third kappa shape index (κ3) is 6.12. The Hall–Kier alpha value is -2.73. The second-order valence-electron chi connectivity index (χ2n) is 7.43. The number of hydrogen-bond acceptors (Lipinski definition) is 4. The standard InChI is InChI=1S/C23H30N4O2/c1-2-3-7-13-24-22(28)20-11-8-12-21(25-20)23(29)27-16-14-26(15-17-27)18-19-9-5-4-6-10-19/h4-6,8-12H,2-3,7,13-18H2,1H3,(H,24,28). The maximum atomic E-state index is 12.9. The van der Waals surface area contributed by atoms with E-state index in [1.807, 2.05) is 23.1 Å². The second-order valence-corrected chi connectivity index (χ2v) is 7.43. The summed E-state index contributed by atoms with van der Waals surface area (Å²) in [5.74, 6) is -0.326. The summed E-state index contributed by atoms with van der Waals surface area (Å²) in [5.41, 5.74) is 1.92. The summed E-state index contributed by atoms with van der Waals surface area (Å²) in [7, 11) is 0. The normalized spacial score (nSPS) is 14.6. The van der Waals surface area contributed by atoms with Crippen LogP contribution < -0.4 is 5.32 Å². The summed E-state index contributed by atoms with van der Waals surface area (Å²) in [6, 6.07) is 15.4. The van der Waals surface area contributed by atoms with Crippen molar-refractivity contribution in [3.05, 3.63) is 65.5 Å². The first-order chi connectivity index (χ1) is 14.2. The van der Waals surface area contributed by atoms with E-state index in [1.165, 1.54) is 5.56 Å². The lowest BCUT2D eigenvalue weighted by Gasteiger charge is -2.34. The van der Waals surface area contributed by atoms with Gasteiger partial charge in [-0.1, -0.05) is 56.2 Å². The lowest BCUT2D eigenvalue weighted by Crippen LogP contribution is -2.48. The van der Waals surface area contributed by atoms with Gasteiger partial charge in [0.1, 0.15) is 11.4 Å². The number of hydrogen-bond donors (Lipinski definition) is 1. The van der Waals surface area contributed by atoms with Gasteiger partial charge in [0, 0.05) is 39.3 Å². The van der Waals surface area contributed by atoms with Crippen molar-refractivity contribution in [2.75, 3.05) is 32.7 Å². The van der Waals surface area contributed by atoms with Crippen LogP contribution in [-0.4, -0.2) is 59.3 Å². The molecule has 1 N–H and O–H groups in total. The number of amides is 2. The van der Waals surface area contributed by atoms with Crippen molar-refractivity contribution in [1.82, 2.24) is 20.1 Å². The fraction of sp³-hybridized carbons (Fsp3) is 0.435. The molecule has 1 saturated heterocycles. The zero-order valence-electron chi connectivity index (χ0n) is 17.1. The Morgan fingerprint density at radius 2 is 1.66 bits per heavy atom. The van der Waals surface area contributed by atoms with E-state index in [2.05, 4.69) is 34.3 Å². The number of rotatable bonds is 8. The molecule has 0 unspecified atom stereocenters. The van der Waals surface area contributed by atoms with Gasteiger partial charge < -0.3 is 10.2 Å². The highest BCUT2D eigenvalue weighted by atomic mass is 16.2. The third-order valence-corrected chi connectivity index (χ3v) is 5.18. The molecule has 1 aliphatic rings. The number of aromatic nitrogens is 1. The molecule has 1 aromatic carbocycles. The molecule has 2 aromatic rings. The highest BCUT2D eigenvalue weighted by Crippen LogP contribution is 2.11. The van der Waals surface area contributed by atoms with Crippen molar-refractivity contribution in [3.63, 3.8) is 0 Å². The van der Waals surface area contributed by atoms with Crippen molar-refractivity contribution in [3.8, 4) is 0 Å². The lowest BCUT2D eigenvalue weighted by atomic mass is 10.2. The second kappa shape index (κ2) is 10.7. The third-order valence-electron chi connectivity index (χ3n) is 5.18. The first-order valence-corrected chi connectivity index (χ1v) is 10.5. The molecule has 29 heavy (non-hydrogen) atoms. The van der Waals surface area contributed by atoms with Crippen LogP contribution in [0.3, 0.4) is 0 Å². The van der Waals surface area contributed by atoms with Gasteiger partial charge in [0.15, 0.2) is 0 Å². The van der Waals surface area contributed by atoms with E-state index in [9.17, 15) is 9.59 Å². The summed E-state index contributed by atoms with van der Waals surface area (Å²) >= 11 is 0. The van der Waals surface area contributed by atoms with Gasteiger partial charge >= 0.3 is 0 Å². The molecule has 6 nitrogen and oxygen atoms in total. The first-order valence-electron chi connectivity index (χ1n) is 10.5.